The van der Waals surface area contributed by atoms with Crippen LogP contribution in [0.15, 0.2) is 23.1 Å². The van der Waals surface area contributed by atoms with Gasteiger partial charge >= 0.3 is 0 Å². The summed E-state index contributed by atoms with van der Waals surface area (Å²) in [6.07, 6.45) is 5.84. The molecule has 0 unspecified atom stereocenters. The third kappa shape index (κ3) is 5.26. The first-order chi connectivity index (χ1) is 15.2. The maximum absolute atomic E-state index is 13.0. The van der Waals surface area contributed by atoms with Gasteiger partial charge in [-0.05, 0) is 77.2 Å². The topological polar surface area (TPSA) is 100 Å². The number of hydrogen-bond donors (Lipinski definition) is 1. The number of piperidine rings is 2. The molecule has 2 saturated heterocycles. The fourth-order valence-corrected chi connectivity index (χ4v) is 5.96. The van der Waals surface area contributed by atoms with Crippen molar-refractivity contribution < 1.29 is 8.42 Å². The van der Waals surface area contributed by atoms with E-state index in [9.17, 15) is 18.9 Å². The zero-order chi connectivity index (χ0) is 23.4. The number of nitrogens with zero attached hydrogens (tertiary/aromatic N) is 4. The van der Waals surface area contributed by atoms with E-state index in [4.69, 9.17) is 0 Å². The fraction of sp³-hybridized carbons (Fsp3) is 0.667. The van der Waals surface area contributed by atoms with E-state index in [1.165, 1.54) is 12.5 Å². The van der Waals surface area contributed by atoms with Crippen molar-refractivity contribution in [2.45, 2.75) is 69.7 Å². The highest BCUT2D eigenvalue weighted by molar-refractivity contribution is 7.89. The summed E-state index contributed by atoms with van der Waals surface area (Å²) in [6, 6.07) is 9.42. The average Bonchev–Trinajstić information content (AvgIpc) is 2.83. The van der Waals surface area contributed by atoms with Gasteiger partial charge < -0.3 is 4.90 Å². The Morgan fingerprint density at radius 3 is 2.31 bits per heavy atom. The van der Waals surface area contributed by atoms with Crippen molar-refractivity contribution >= 4 is 15.7 Å². The summed E-state index contributed by atoms with van der Waals surface area (Å²) in [5.74, 6) is 0. The van der Waals surface area contributed by atoms with E-state index in [2.05, 4.69) is 40.5 Å². The van der Waals surface area contributed by atoms with Crippen LogP contribution in [0, 0.1) is 28.1 Å². The maximum atomic E-state index is 13.0. The molecule has 0 atom stereocenters. The van der Waals surface area contributed by atoms with E-state index in [1.807, 2.05) is 6.92 Å². The van der Waals surface area contributed by atoms with Crippen molar-refractivity contribution in [1.82, 2.24) is 9.62 Å². The molecular formula is C24H35N5O2S. The molecule has 0 aromatic heterocycles. The number of nitrogens with one attached hydrogen (secondary N) is 1. The number of nitriles is 2. The van der Waals surface area contributed by atoms with Crippen molar-refractivity contribution in [1.29, 1.82) is 10.5 Å². The van der Waals surface area contributed by atoms with Crippen LogP contribution >= 0.6 is 0 Å². The molecular weight excluding hydrogens is 422 g/mol. The van der Waals surface area contributed by atoms with Crippen molar-refractivity contribution in [3.63, 3.8) is 0 Å². The Hall–Kier alpha value is -2.13. The van der Waals surface area contributed by atoms with Gasteiger partial charge in [0.15, 0.2) is 0 Å². The van der Waals surface area contributed by atoms with E-state index in [0.717, 1.165) is 50.9 Å². The molecule has 7 nitrogen and oxygen atoms in total. The minimum atomic E-state index is -3.73. The highest BCUT2D eigenvalue weighted by atomic mass is 32.2. The van der Waals surface area contributed by atoms with Crippen LogP contribution in [0.2, 0.25) is 0 Å². The van der Waals surface area contributed by atoms with Crippen LogP contribution in [-0.2, 0) is 10.0 Å². The van der Waals surface area contributed by atoms with Crippen LogP contribution < -0.4 is 9.62 Å². The number of sulfonamides is 1. The van der Waals surface area contributed by atoms with E-state index in [-0.39, 0.29) is 15.8 Å². The van der Waals surface area contributed by atoms with Crippen molar-refractivity contribution in [2.75, 3.05) is 37.6 Å². The largest absolute Gasteiger partial charge is 0.370 e. The van der Waals surface area contributed by atoms with Crippen LogP contribution in [0.25, 0.3) is 0 Å². The van der Waals surface area contributed by atoms with Crippen molar-refractivity contribution in [2.24, 2.45) is 5.41 Å². The van der Waals surface area contributed by atoms with Gasteiger partial charge in [0.05, 0.1) is 27.6 Å². The fourth-order valence-electron chi connectivity index (χ4n) is 4.73. The molecule has 0 bridgehead atoms. The Labute approximate surface area is 193 Å². The van der Waals surface area contributed by atoms with Crippen LogP contribution in [0.1, 0.15) is 64.9 Å². The third-order valence-electron chi connectivity index (χ3n) is 7.28. The van der Waals surface area contributed by atoms with Crippen molar-refractivity contribution in [3.8, 4) is 12.1 Å². The van der Waals surface area contributed by atoms with Gasteiger partial charge in [-0.3, -0.25) is 4.90 Å². The van der Waals surface area contributed by atoms with Gasteiger partial charge in [-0.1, -0.05) is 13.3 Å². The Morgan fingerprint density at radius 1 is 1.09 bits per heavy atom. The lowest BCUT2D eigenvalue weighted by molar-refractivity contribution is 0.0990. The van der Waals surface area contributed by atoms with Crippen LogP contribution in [0.3, 0.4) is 0 Å². The zero-order valence-electron chi connectivity index (χ0n) is 19.5. The molecule has 1 N–H and O–H groups in total. The summed E-state index contributed by atoms with van der Waals surface area (Å²) < 4.78 is 28.7. The SMILES string of the molecule is CCC1(C#N)CCN(c2ccc(S(=O)(=O)NCC(C)(C)N3CCCCC3)cc2C#N)CC1. The minimum absolute atomic E-state index is 0.115. The quantitative estimate of drug-likeness (QED) is 0.671. The Morgan fingerprint density at radius 2 is 1.75 bits per heavy atom. The standard InChI is InChI=1S/C24H35N5O2S/c1-4-24(18-26)10-14-28(15-11-24)22-9-8-21(16-20(22)17-25)32(30,31)27-19-23(2,3)29-12-6-5-7-13-29/h8-9,16,27H,4-7,10-15,19H2,1-3H3. The lowest BCUT2D eigenvalue weighted by atomic mass is 9.77. The molecule has 3 rings (SSSR count). The summed E-state index contributed by atoms with van der Waals surface area (Å²) in [5, 5.41) is 19.2. The zero-order valence-corrected chi connectivity index (χ0v) is 20.3. The van der Waals surface area contributed by atoms with Gasteiger partial charge in [-0.25, -0.2) is 13.1 Å². The molecule has 2 aliphatic rings. The lowest BCUT2D eigenvalue weighted by Crippen LogP contribution is -2.53. The maximum Gasteiger partial charge on any atom is 0.240 e. The Bertz CT molecular complexity index is 992. The molecule has 0 amide bonds. The molecule has 0 radical (unpaired) electrons. The number of likely N-dealkylation sites (tertiary alicyclic amines) is 1. The summed E-state index contributed by atoms with van der Waals surface area (Å²) in [6.45, 7) is 9.84. The van der Waals surface area contributed by atoms with Gasteiger partial charge in [0, 0.05) is 25.2 Å². The first-order valence-electron chi connectivity index (χ1n) is 11.6. The number of benzene rings is 1. The number of anilines is 1. The number of hydrogen-bond acceptors (Lipinski definition) is 6. The summed E-state index contributed by atoms with van der Waals surface area (Å²) in [4.78, 5) is 4.55. The molecule has 0 saturated carbocycles. The second-order valence-corrected chi connectivity index (χ2v) is 11.5. The van der Waals surface area contributed by atoms with Crippen LogP contribution in [0.4, 0.5) is 5.69 Å². The molecule has 2 fully saturated rings. The Kier molecular flexibility index (Phi) is 7.50. The highest BCUT2D eigenvalue weighted by Gasteiger charge is 2.34. The highest BCUT2D eigenvalue weighted by Crippen LogP contribution is 2.36. The van der Waals surface area contributed by atoms with Gasteiger partial charge in [-0.15, -0.1) is 0 Å². The monoisotopic (exact) mass is 457 g/mol. The molecule has 0 aliphatic carbocycles. The van der Waals surface area contributed by atoms with Crippen LogP contribution in [0.5, 0.6) is 0 Å². The average molecular weight is 458 g/mol. The number of rotatable bonds is 7. The second-order valence-electron chi connectivity index (χ2n) is 9.71. The first kappa shape index (κ1) is 24.5. The summed E-state index contributed by atoms with van der Waals surface area (Å²) in [7, 11) is -3.73. The molecule has 32 heavy (non-hydrogen) atoms. The normalized spacial score (nSPS) is 19.8. The molecule has 2 aliphatic heterocycles. The van der Waals surface area contributed by atoms with Crippen molar-refractivity contribution in [3.05, 3.63) is 23.8 Å². The minimum Gasteiger partial charge on any atom is -0.370 e. The van der Waals surface area contributed by atoms with E-state index in [0.29, 0.717) is 25.2 Å². The molecule has 0 spiro atoms. The first-order valence-corrected chi connectivity index (χ1v) is 13.1. The smallest absolute Gasteiger partial charge is 0.240 e. The van der Waals surface area contributed by atoms with Gasteiger partial charge in [-0.2, -0.15) is 10.5 Å². The van der Waals surface area contributed by atoms with E-state index < -0.39 is 10.0 Å². The second kappa shape index (κ2) is 9.79. The van der Waals surface area contributed by atoms with Crippen LogP contribution in [-0.4, -0.2) is 51.6 Å². The predicted octanol–water partition coefficient (Wildman–Crippen LogP) is 3.62. The van der Waals surface area contributed by atoms with E-state index >= 15 is 0 Å². The van der Waals surface area contributed by atoms with Gasteiger partial charge in [0.1, 0.15) is 6.07 Å². The molecule has 1 aromatic carbocycles. The van der Waals surface area contributed by atoms with Gasteiger partial charge in [0.2, 0.25) is 10.0 Å². The summed E-state index contributed by atoms with van der Waals surface area (Å²) in [5.41, 5.74) is 0.524. The Balaban J connectivity index is 1.72. The molecule has 8 heteroatoms. The van der Waals surface area contributed by atoms with Gasteiger partial charge in [0.25, 0.3) is 0 Å². The lowest BCUT2D eigenvalue weighted by Gasteiger charge is -2.41. The molecule has 1 aromatic rings. The predicted molar refractivity (Wildman–Crippen MR) is 126 cm³/mol. The third-order valence-corrected chi connectivity index (χ3v) is 8.68. The molecule has 174 valence electrons. The van der Waals surface area contributed by atoms with E-state index in [1.54, 1.807) is 12.1 Å². The summed E-state index contributed by atoms with van der Waals surface area (Å²) >= 11 is 0. The molecule has 2 heterocycles.